The third kappa shape index (κ3) is 8.02. The molecule has 0 amide bonds. The van der Waals surface area contributed by atoms with Crippen molar-refractivity contribution in [3.8, 4) is 0 Å². The van der Waals surface area contributed by atoms with Crippen LogP contribution in [-0.4, -0.2) is 7.63 Å². The first-order chi connectivity index (χ1) is 10.3. The second-order valence-corrected chi connectivity index (χ2v) is 7.82. The van der Waals surface area contributed by atoms with Gasteiger partial charge in [0.1, 0.15) is 0 Å². The van der Waals surface area contributed by atoms with Crippen molar-refractivity contribution in [2.45, 2.75) is 0 Å². The molecule has 0 aliphatic heterocycles. The minimum atomic E-state index is -0.222. The molecule has 0 heterocycles. The van der Waals surface area contributed by atoms with Gasteiger partial charge in [-0.2, -0.15) is 35.0 Å². The van der Waals surface area contributed by atoms with Gasteiger partial charge in [-0.05, 0) is 0 Å². The Hall–Kier alpha value is -0.539. The molecule has 0 spiro atoms. The molecule has 0 saturated carbocycles. The Kier molecular flexibility index (Phi) is 15.8. The molecule has 0 unspecified atom stereocenters. The second kappa shape index (κ2) is 14.8. The standard InChI is InChI=1S/2C9H7.CH3.3ClH.Si.Ti/c2*1-2-5-9-7-3-6-8(9)4-1;;;;;;/h2*1-7H;1H3;3*1H;;/q3*-1;;;;;+1/p-1. The van der Waals surface area contributed by atoms with Crippen LogP contribution in [0.4, 0.5) is 0 Å². The molecule has 4 aromatic carbocycles. The summed E-state index contributed by atoms with van der Waals surface area (Å²) in [5, 5.41) is 5.32. The van der Waals surface area contributed by atoms with Gasteiger partial charge >= 0.3 is 33.8 Å². The molecule has 127 valence electrons. The predicted octanol–water partition coefficient (Wildman–Crippen LogP) is 6.72. The van der Waals surface area contributed by atoms with Gasteiger partial charge in [0.25, 0.3) is 0 Å². The second-order valence-electron chi connectivity index (χ2n) is 4.40. The fourth-order valence-electron chi connectivity index (χ4n) is 2.14. The van der Waals surface area contributed by atoms with Crippen LogP contribution in [0.5, 0.6) is 0 Å². The maximum absolute atomic E-state index is 5.04. The predicted molar refractivity (Wildman–Crippen MR) is 112 cm³/mol. The Morgan fingerprint density at radius 1 is 0.708 bits per heavy atom. The average Bonchev–Trinajstić information content (AvgIpc) is 3.17. The van der Waals surface area contributed by atoms with E-state index in [1.807, 2.05) is 0 Å². The van der Waals surface area contributed by atoms with Gasteiger partial charge in [-0.25, -0.2) is 0 Å². The number of halogens is 3. The molecule has 0 bridgehead atoms. The fourth-order valence-corrected chi connectivity index (χ4v) is 2.14. The van der Waals surface area contributed by atoms with Crippen LogP contribution >= 0.6 is 34.1 Å². The van der Waals surface area contributed by atoms with Crippen molar-refractivity contribution in [3.05, 3.63) is 92.4 Å². The van der Waals surface area contributed by atoms with Gasteiger partial charge in [-0.1, -0.05) is 12.1 Å². The SMILES string of the molecule is Cl.Cl.[CH3-].[Si]=[Ti][Cl].c1ccc2[cH-]ccc2c1.c1ccc2[cH-]ccc2c1. The van der Waals surface area contributed by atoms with Gasteiger partial charge in [-0.3, -0.25) is 0 Å². The third-order valence-corrected chi connectivity index (χ3v) is 3.10. The molecule has 0 atom stereocenters. The zero-order chi connectivity index (χ0) is 14.9. The molecule has 0 aliphatic rings. The van der Waals surface area contributed by atoms with E-state index >= 15 is 0 Å². The smallest absolute Gasteiger partial charge is 0.0809 e. The summed E-state index contributed by atoms with van der Waals surface area (Å²) in [4.78, 5) is 0. The van der Waals surface area contributed by atoms with E-state index < -0.39 is 0 Å². The Morgan fingerprint density at radius 2 is 1.04 bits per heavy atom. The number of benzene rings is 2. The zero-order valence-electron chi connectivity index (χ0n) is 13.3. The van der Waals surface area contributed by atoms with E-state index in [1.54, 1.807) is 0 Å². The molecule has 0 N–H and O–H groups in total. The monoisotopic (exact) mass is 428 g/mol. The van der Waals surface area contributed by atoms with E-state index in [-0.39, 0.29) is 49.1 Å². The van der Waals surface area contributed by atoms with Crippen molar-refractivity contribution in [1.29, 1.82) is 0 Å². The Balaban J connectivity index is 0. The van der Waals surface area contributed by atoms with E-state index in [0.717, 1.165) is 0 Å². The fraction of sp³-hybridized carbons (Fsp3) is 0. The van der Waals surface area contributed by atoms with Gasteiger partial charge in [0.2, 0.25) is 0 Å². The molecule has 24 heavy (non-hydrogen) atoms. The minimum Gasteiger partial charge on any atom is -0.168 e. The van der Waals surface area contributed by atoms with Gasteiger partial charge in [-0.15, -0.1) is 84.1 Å². The summed E-state index contributed by atoms with van der Waals surface area (Å²) < 4.78 is 0. The van der Waals surface area contributed by atoms with E-state index in [0.29, 0.717) is 0 Å². The molecule has 5 heteroatoms. The molecule has 2 radical (unpaired) electrons. The Bertz CT molecular complexity index is 682. The van der Waals surface area contributed by atoms with Crippen molar-refractivity contribution in [2.24, 2.45) is 0 Å². The summed E-state index contributed by atoms with van der Waals surface area (Å²) >= 11 is -0.222. The van der Waals surface area contributed by atoms with Crippen molar-refractivity contribution >= 4 is 63.3 Å². The number of rotatable bonds is 0. The van der Waals surface area contributed by atoms with Crippen molar-refractivity contribution in [2.75, 3.05) is 0 Å². The van der Waals surface area contributed by atoms with E-state index in [9.17, 15) is 0 Å². The maximum Gasteiger partial charge on any atom is -0.0809 e. The van der Waals surface area contributed by atoms with Crippen molar-refractivity contribution in [1.82, 2.24) is 0 Å². The minimum absolute atomic E-state index is 0. The van der Waals surface area contributed by atoms with Crippen LogP contribution in [0.1, 0.15) is 0 Å². The summed E-state index contributed by atoms with van der Waals surface area (Å²) in [6.45, 7) is 0. The van der Waals surface area contributed by atoms with Crippen LogP contribution in [0.3, 0.4) is 0 Å². The topological polar surface area (TPSA) is 0 Å². The third-order valence-electron chi connectivity index (χ3n) is 3.10. The normalized spacial score (nSPS) is 8.04. The Morgan fingerprint density at radius 3 is 1.38 bits per heavy atom. The summed E-state index contributed by atoms with van der Waals surface area (Å²) in [5.74, 6) is 0. The number of fused-ring (bicyclic) bond motifs is 2. The summed E-state index contributed by atoms with van der Waals surface area (Å²) in [7, 11) is 8.11. The Labute approximate surface area is 171 Å². The summed E-state index contributed by atoms with van der Waals surface area (Å²) in [6.07, 6.45) is 0. The first-order valence-electron chi connectivity index (χ1n) is 6.58. The van der Waals surface area contributed by atoms with Gasteiger partial charge in [0.15, 0.2) is 0 Å². The van der Waals surface area contributed by atoms with E-state index in [4.69, 9.17) is 9.30 Å². The van der Waals surface area contributed by atoms with Crippen LogP contribution in [0.2, 0.25) is 0 Å². The van der Waals surface area contributed by atoms with Gasteiger partial charge in [0, 0.05) is 0 Å². The zero-order valence-corrected chi connectivity index (χ0v) is 18.2. The molecule has 0 fully saturated rings. The van der Waals surface area contributed by atoms with Crippen LogP contribution < -0.4 is 0 Å². The largest absolute Gasteiger partial charge is 0.168 e. The number of hydrogen-bond donors (Lipinski definition) is 0. The quantitative estimate of drug-likeness (QED) is 0.215. The van der Waals surface area contributed by atoms with E-state index in [2.05, 4.69) is 92.6 Å². The van der Waals surface area contributed by atoms with Crippen molar-refractivity contribution in [3.63, 3.8) is 0 Å². The first-order valence-corrected chi connectivity index (χ1v) is 11.6. The van der Waals surface area contributed by atoms with Crippen molar-refractivity contribution < 1.29 is 16.8 Å². The van der Waals surface area contributed by atoms with Crippen LogP contribution in [-0.2, 0) is 16.8 Å². The average molecular weight is 430 g/mol. The molecule has 0 nitrogen and oxygen atoms in total. The number of hydrogen-bond acceptors (Lipinski definition) is 0. The van der Waals surface area contributed by atoms with Gasteiger partial charge in [0.05, 0.1) is 0 Å². The molecule has 4 rings (SSSR count). The molecular formula is C19H19Cl3SiTi-3. The first kappa shape index (κ1) is 25.7. The van der Waals surface area contributed by atoms with Gasteiger partial charge < -0.3 is 7.43 Å². The molecule has 0 saturated heterocycles. The van der Waals surface area contributed by atoms with Crippen LogP contribution in [0.15, 0.2) is 84.9 Å². The molecule has 4 aromatic rings. The molecule has 0 aliphatic carbocycles. The summed E-state index contributed by atoms with van der Waals surface area (Å²) in [5.41, 5.74) is 0. The summed E-state index contributed by atoms with van der Waals surface area (Å²) in [6, 6.07) is 29.3. The van der Waals surface area contributed by atoms with Crippen LogP contribution in [0.25, 0.3) is 21.5 Å². The van der Waals surface area contributed by atoms with E-state index in [1.165, 1.54) is 21.5 Å². The van der Waals surface area contributed by atoms with Crippen LogP contribution in [0, 0.1) is 7.43 Å². The molecular weight excluding hydrogens is 411 g/mol. The maximum atomic E-state index is 5.04. The molecule has 0 aromatic heterocycles.